The maximum Gasteiger partial charge on any atom is 0.337 e. The number of carboxylic acid groups (broad SMARTS) is 1. The van der Waals surface area contributed by atoms with Crippen molar-refractivity contribution in [3.05, 3.63) is 154 Å². The molecule has 314 valence electrons. The third-order valence-corrected chi connectivity index (χ3v) is 9.57. The highest BCUT2D eigenvalue weighted by atomic mass is 16.5. The number of aromatic amines is 1. The zero-order valence-corrected chi connectivity index (χ0v) is 33.2. The smallest absolute Gasteiger partial charge is 0.337 e. The van der Waals surface area contributed by atoms with Crippen molar-refractivity contribution in [2.45, 2.75) is 26.2 Å². The first-order chi connectivity index (χ1) is 29.8. The van der Waals surface area contributed by atoms with Crippen molar-refractivity contribution in [1.82, 2.24) is 20.4 Å². The van der Waals surface area contributed by atoms with Gasteiger partial charge in [0.05, 0.1) is 41.7 Å². The zero-order chi connectivity index (χ0) is 44.3. The predicted molar refractivity (Wildman–Crippen MR) is 226 cm³/mol. The summed E-state index contributed by atoms with van der Waals surface area (Å²) in [6, 6.07) is 24.2. The molecule has 1 atom stereocenters. The van der Waals surface area contributed by atoms with Crippen LogP contribution >= 0.6 is 0 Å². The Morgan fingerprint density at radius 3 is 2.10 bits per heavy atom. The van der Waals surface area contributed by atoms with E-state index in [4.69, 9.17) is 9.84 Å². The van der Waals surface area contributed by atoms with Gasteiger partial charge in [-0.15, -0.1) is 0 Å². The number of hydrogen-bond donors (Lipinski definition) is 7. The fraction of sp³-hybridized carbons (Fsp3) is 0.133. The fourth-order valence-corrected chi connectivity index (χ4v) is 6.19. The van der Waals surface area contributed by atoms with E-state index in [1.165, 1.54) is 61.8 Å². The molecule has 0 aliphatic carbocycles. The monoisotopic (exact) mass is 837 g/mol. The topological polar surface area (TPSA) is 263 Å². The number of carboxylic acids is 1. The minimum Gasteiger partial charge on any atom is -0.508 e. The average molecular weight is 838 g/mol. The number of rotatable bonds is 17. The van der Waals surface area contributed by atoms with Crippen molar-refractivity contribution >= 4 is 58.5 Å². The molecule has 7 N–H and O–H groups in total. The first kappa shape index (κ1) is 43.1. The number of pyridine rings is 1. The predicted octanol–water partition coefficient (Wildman–Crippen LogP) is 6.11. The highest BCUT2D eigenvalue weighted by Crippen LogP contribution is 2.38. The van der Waals surface area contributed by atoms with Gasteiger partial charge in [0.15, 0.2) is 23.1 Å². The van der Waals surface area contributed by atoms with E-state index in [-0.39, 0.29) is 70.5 Å². The molecule has 0 saturated heterocycles. The van der Waals surface area contributed by atoms with Crippen molar-refractivity contribution in [1.29, 1.82) is 0 Å². The van der Waals surface area contributed by atoms with Crippen LogP contribution in [0.3, 0.4) is 0 Å². The number of carbonyl (C=O) groups is 6. The lowest BCUT2D eigenvalue weighted by atomic mass is 9.92. The average Bonchev–Trinajstić information content (AvgIpc) is 3.78. The minimum absolute atomic E-state index is 0.0377. The van der Waals surface area contributed by atoms with E-state index in [0.717, 1.165) is 11.8 Å². The normalized spacial score (nSPS) is 11.5. The van der Waals surface area contributed by atoms with Crippen LogP contribution in [0.25, 0.3) is 6.08 Å². The summed E-state index contributed by atoms with van der Waals surface area (Å²) in [5, 5.41) is 47.7. The van der Waals surface area contributed by atoms with Gasteiger partial charge >= 0.3 is 5.97 Å². The van der Waals surface area contributed by atoms with Crippen LogP contribution in [-0.2, 0) is 22.4 Å². The minimum atomic E-state index is -1.19. The Morgan fingerprint density at radius 2 is 1.47 bits per heavy atom. The number of allylic oxidation sites excluding steroid dienone is 1. The molecule has 0 saturated carbocycles. The number of anilines is 3. The molecular weight excluding hydrogens is 799 g/mol. The number of carbonyl (C=O) groups excluding carboxylic acids is 5. The summed E-state index contributed by atoms with van der Waals surface area (Å²) in [5.41, 5.74) is 3.11. The molecule has 0 unspecified atom stereocenters. The summed E-state index contributed by atoms with van der Waals surface area (Å²) in [6.07, 6.45) is 4.31. The van der Waals surface area contributed by atoms with Gasteiger partial charge in [0.25, 0.3) is 11.8 Å². The van der Waals surface area contributed by atoms with Crippen molar-refractivity contribution in [2.24, 2.45) is 5.92 Å². The van der Waals surface area contributed by atoms with E-state index < -0.39 is 35.4 Å². The summed E-state index contributed by atoms with van der Waals surface area (Å²) in [4.78, 5) is 81.1. The number of nitrogens with zero attached hydrogens (tertiary/aromatic N) is 3. The maximum absolute atomic E-state index is 13.6. The number of ether oxygens (including phenoxy) is 1. The first-order valence-electron chi connectivity index (χ1n) is 18.9. The number of phenolic OH excluding ortho intramolecular Hbond substituents is 2. The molecule has 0 fully saturated rings. The Hall–Kier alpha value is -8.47. The summed E-state index contributed by atoms with van der Waals surface area (Å²) >= 11 is 0. The largest absolute Gasteiger partial charge is 0.508 e. The standard InChI is InChI=1S/C45H39N7O10/c1-25(19-26-5-14-34(53)15-6-26)37(54)20-27-3-7-28(8-4-27)38(55)22-31(21-33-24-47-52-51-33)43(58)48-32-12-9-29(10-13-32)42(57)49-36-17-16-35(40(56)41(36)62-2)44(59)50-39-18-11-30(23-46-39)45(60)61/h3-19,23-24,31,53,56H,20-22H2,1-2H3,(H,48,58)(H,49,57)(H,60,61)(H,46,50,59)(H,47,51,52)/b25-19+/t31-/m1/s1. The summed E-state index contributed by atoms with van der Waals surface area (Å²) in [5.74, 6) is -4.91. The second-order valence-electron chi connectivity index (χ2n) is 14.0. The van der Waals surface area contributed by atoms with E-state index in [1.807, 2.05) is 0 Å². The van der Waals surface area contributed by atoms with E-state index in [0.29, 0.717) is 28.1 Å². The molecule has 0 spiro atoms. The molecule has 4 aromatic carbocycles. The first-order valence-corrected chi connectivity index (χ1v) is 18.9. The van der Waals surface area contributed by atoms with E-state index in [2.05, 4.69) is 36.3 Å². The number of aromatic nitrogens is 4. The molecule has 3 amide bonds. The van der Waals surface area contributed by atoms with Crippen LogP contribution in [0.15, 0.2) is 115 Å². The molecule has 0 bridgehead atoms. The van der Waals surface area contributed by atoms with E-state index in [1.54, 1.807) is 61.5 Å². The van der Waals surface area contributed by atoms with Gasteiger partial charge < -0.3 is 36.0 Å². The number of nitrogens with one attached hydrogen (secondary N) is 4. The van der Waals surface area contributed by atoms with Crippen molar-refractivity contribution in [3.8, 4) is 17.2 Å². The molecule has 0 aliphatic rings. The lowest BCUT2D eigenvalue weighted by Gasteiger charge is -2.16. The quantitative estimate of drug-likeness (QED) is 0.0405. The molecule has 6 rings (SSSR count). The number of phenols is 2. The van der Waals surface area contributed by atoms with Crippen LogP contribution in [0.4, 0.5) is 17.2 Å². The number of benzene rings is 4. The van der Waals surface area contributed by atoms with Gasteiger partial charge in [-0.25, -0.2) is 9.78 Å². The number of Topliss-reactive ketones (excluding diaryl/α,β-unsaturated/α-hetero) is 2. The van der Waals surface area contributed by atoms with E-state index in [9.17, 15) is 39.0 Å². The van der Waals surface area contributed by atoms with Gasteiger partial charge in [-0.3, -0.25) is 24.0 Å². The molecule has 2 aromatic heterocycles. The Labute approximate surface area is 353 Å². The van der Waals surface area contributed by atoms with Crippen LogP contribution in [0, 0.1) is 5.92 Å². The van der Waals surface area contributed by atoms with Crippen molar-refractivity contribution < 1.29 is 48.8 Å². The van der Waals surface area contributed by atoms with Gasteiger partial charge in [0, 0.05) is 42.3 Å². The van der Waals surface area contributed by atoms with Gasteiger partial charge in [-0.1, -0.05) is 36.4 Å². The molecule has 17 heteroatoms. The molecule has 17 nitrogen and oxygen atoms in total. The fourth-order valence-electron chi connectivity index (χ4n) is 6.19. The number of ketones is 2. The second kappa shape index (κ2) is 19.5. The Kier molecular flexibility index (Phi) is 13.6. The molecule has 2 heterocycles. The lowest BCUT2D eigenvalue weighted by molar-refractivity contribution is -0.120. The van der Waals surface area contributed by atoms with Crippen molar-refractivity contribution in [2.75, 3.05) is 23.1 Å². The van der Waals surface area contributed by atoms with Gasteiger partial charge in [0.2, 0.25) is 5.91 Å². The van der Waals surface area contributed by atoms with Crippen LogP contribution in [-0.4, -0.2) is 78.1 Å². The van der Waals surface area contributed by atoms with Gasteiger partial charge in [-0.05, 0) is 90.4 Å². The Bertz CT molecular complexity index is 2640. The summed E-state index contributed by atoms with van der Waals surface area (Å²) < 4.78 is 5.29. The maximum atomic E-state index is 13.6. The summed E-state index contributed by atoms with van der Waals surface area (Å²) in [7, 11) is 1.24. The number of amides is 3. The Morgan fingerprint density at radius 1 is 0.774 bits per heavy atom. The third kappa shape index (κ3) is 11.0. The SMILES string of the molecule is COc1c(NC(=O)c2ccc(NC(=O)[C@@H](CC(=O)c3ccc(CC(=O)/C(C)=C/c4ccc(O)cc4)cc3)Cc3cn[nH]n3)cc2)ccc(C(=O)Nc2ccc(C(=O)O)cn2)c1O. The van der Waals surface area contributed by atoms with Crippen LogP contribution in [0.1, 0.15) is 71.6 Å². The van der Waals surface area contributed by atoms with Gasteiger partial charge in [-0.2, -0.15) is 15.4 Å². The number of methoxy groups -OCH3 is 1. The lowest BCUT2D eigenvalue weighted by Crippen LogP contribution is -2.27. The highest BCUT2D eigenvalue weighted by molar-refractivity contribution is 6.09. The molecule has 62 heavy (non-hydrogen) atoms. The molecule has 0 radical (unpaired) electrons. The number of H-pyrrole nitrogens is 1. The highest BCUT2D eigenvalue weighted by Gasteiger charge is 2.25. The van der Waals surface area contributed by atoms with Crippen LogP contribution in [0.2, 0.25) is 0 Å². The third-order valence-electron chi connectivity index (χ3n) is 9.57. The summed E-state index contributed by atoms with van der Waals surface area (Å²) in [6.45, 7) is 1.71. The number of hydrogen-bond acceptors (Lipinski definition) is 12. The van der Waals surface area contributed by atoms with Crippen LogP contribution < -0.4 is 20.7 Å². The van der Waals surface area contributed by atoms with Crippen molar-refractivity contribution in [3.63, 3.8) is 0 Å². The zero-order valence-electron chi connectivity index (χ0n) is 33.2. The van der Waals surface area contributed by atoms with Gasteiger partial charge in [0.1, 0.15) is 11.6 Å². The molecule has 6 aromatic rings. The Balaban J connectivity index is 1.07. The van der Waals surface area contributed by atoms with E-state index >= 15 is 0 Å². The molecule has 0 aliphatic heterocycles. The second-order valence-corrected chi connectivity index (χ2v) is 14.0. The molecular formula is C45H39N7O10. The number of aromatic hydroxyl groups is 2. The number of aromatic carboxylic acids is 1. The van der Waals surface area contributed by atoms with Crippen LogP contribution in [0.5, 0.6) is 17.2 Å².